The number of hydrogen-bond donors (Lipinski definition) is 2. The highest BCUT2D eigenvalue weighted by atomic mass is 16.5. The fourth-order valence-corrected chi connectivity index (χ4v) is 3.02. The third kappa shape index (κ3) is 3.70. The lowest BCUT2D eigenvalue weighted by Gasteiger charge is -2.44. The van der Waals surface area contributed by atoms with E-state index in [0.29, 0.717) is 11.8 Å². The van der Waals surface area contributed by atoms with Gasteiger partial charge in [0.05, 0.1) is 7.11 Å². The lowest BCUT2D eigenvalue weighted by atomic mass is 9.77. The average Bonchev–Trinajstić information content (AvgIpc) is 2.56. The van der Waals surface area contributed by atoms with Crippen LogP contribution in [0.1, 0.15) is 24.5 Å². The second kappa shape index (κ2) is 7.17. The summed E-state index contributed by atoms with van der Waals surface area (Å²) in [4.78, 5) is 29.5. The summed E-state index contributed by atoms with van der Waals surface area (Å²) in [5.74, 6) is -1.65. The predicted molar refractivity (Wildman–Crippen MR) is 75.8 cm³/mol. The lowest BCUT2D eigenvalue weighted by molar-refractivity contribution is -0.159. The molecule has 22 heavy (non-hydrogen) atoms. The van der Waals surface area contributed by atoms with Crippen LogP contribution >= 0.6 is 0 Å². The molecule has 0 amide bonds. The maximum absolute atomic E-state index is 9.10. The van der Waals surface area contributed by atoms with Crippen LogP contribution in [-0.4, -0.2) is 63.8 Å². The Bertz CT molecular complexity index is 531. The zero-order valence-electron chi connectivity index (χ0n) is 12.3. The average molecular weight is 309 g/mol. The van der Waals surface area contributed by atoms with Crippen LogP contribution in [0.3, 0.4) is 0 Å². The van der Waals surface area contributed by atoms with E-state index in [1.54, 1.807) is 19.5 Å². The van der Waals surface area contributed by atoms with Gasteiger partial charge in [-0.3, -0.25) is 4.98 Å². The number of carboxylic acid groups (broad SMARTS) is 2. The summed E-state index contributed by atoms with van der Waals surface area (Å²) < 4.78 is 5.31. The van der Waals surface area contributed by atoms with Crippen molar-refractivity contribution < 1.29 is 24.5 Å². The molecule has 1 unspecified atom stereocenters. The van der Waals surface area contributed by atoms with Crippen molar-refractivity contribution in [3.63, 3.8) is 0 Å². The molecule has 2 bridgehead atoms. The molecule has 0 aromatic carbocycles. The zero-order chi connectivity index (χ0) is 16.1. The fourth-order valence-electron chi connectivity index (χ4n) is 3.02. The molecule has 4 rings (SSSR count). The molecule has 3 aliphatic heterocycles. The van der Waals surface area contributed by atoms with E-state index in [2.05, 4.69) is 14.9 Å². The number of rotatable bonds is 2. The highest BCUT2D eigenvalue weighted by molar-refractivity contribution is 6.27. The number of carbonyl (C=O) groups is 2. The molecule has 0 spiro atoms. The smallest absolute Gasteiger partial charge is 0.414 e. The van der Waals surface area contributed by atoms with Gasteiger partial charge in [-0.15, -0.1) is 0 Å². The fraction of sp³-hybridized carbons (Fsp3) is 0.571. The SMILES string of the molecule is COc1nccnc1C1CN2CCC1CC2.O=C(O)C(=O)O. The Morgan fingerprint density at radius 1 is 1.18 bits per heavy atom. The maximum atomic E-state index is 9.10. The summed E-state index contributed by atoms with van der Waals surface area (Å²) in [7, 11) is 1.68. The lowest BCUT2D eigenvalue weighted by Crippen LogP contribution is -2.46. The van der Waals surface area contributed by atoms with Crippen LogP contribution in [0.25, 0.3) is 0 Å². The number of ether oxygens (including phenoxy) is 1. The summed E-state index contributed by atoms with van der Waals surface area (Å²) >= 11 is 0. The first-order valence-corrected chi connectivity index (χ1v) is 7.06. The normalized spacial score (nSPS) is 25.8. The molecule has 2 N–H and O–H groups in total. The molecular formula is C14H19N3O5. The first-order valence-electron chi connectivity index (χ1n) is 7.06. The molecule has 8 nitrogen and oxygen atoms in total. The molecule has 1 aromatic heterocycles. The Balaban J connectivity index is 0.000000254. The molecule has 0 aliphatic carbocycles. The van der Waals surface area contributed by atoms with E-state index in [1.165, 1.54) is 25.9 Å². The van der Waals surface area contributed by atoms with Crippen LogP contribution in [0, 0.1) is 5.92 Å². The third-order valence-electron chi connectivity index (χ3n) is 4.07. The molecular weight excluding hydrogens is 290 g/mol. The van der Waals surface area contributed by atoms with Crippen molar-refractivity contribution in [2.75, 3.05) is 26.7 Å². The third-order valence-corrected chi connectivity index (χ3v) is 4.07. The first kappa shape index (κ1) is 16.2. The molecule has 8 heteroatoms. The Kier molecular flexibility index (Phi) is 5.26. The number of fused-ring (bicyclic) bond motifs is 3. The number of hydrogen-bond acceptors (Lipinski definition) is 6. The largest absolute Gasteiger partial charge is 0.480 e. The van der Waals surface area contributed by atoms with Crippen LogP contribution < -0.4 is 4.74 Å². The molecule has 3 aliphatic rings. The molecule has 120 valence electrons. The van der Waals surface area contributed by atoms with E-state index in [4.69, 9.17) is 24.5 Å². The number of nitrogens with zero attached hydrogens (tertiary/aromatic N) is 3. The van der Waals surface area contributed by atoms with E-state index in [9.17, 15) is 0 Å². The minimum Gasteiger partial charge on any atom is -0.480 e. The van der Waals surface area contributed by atoms with Crippen molar-refractivity contribution >= 4 is 11.9 Å². The van der Waals surface area contributed by atoms with Gasteiger partial charge in [-0.1, -0.05) is 0 Å². The van der Waals surface area contributed by atoms with Crippen LogP contribution in [0.4, 0.5) is 0 Å². The molecule has 3 saturated heterocycles. The van der Waals surface area contributed by atoms with E-state index < -0.39 is 11.9 Å². The number of methoxy groups -OCH3 is 1. The molecule has 1 aromatic rings. The van der Waals surface area contributed by atoms with Gasteiger partial charge in [0.2, 0.25) is 5.88 Å². The number of aliphatic carboxylic acids is 2. The minimum absolute atomic E-state index is 0.520. The summed E-state index contributed by atoms with van der Waals surface area (Å²) in [6, 6.07) is 0. The second-order valence-electron chi connectivity index (χ2n) is 5.31. The predicted octanol–water partition coefficient (Wildman–Crippen LogP) is 0.450. The Hall–Kier alpha value is -2.22. The van der Waals surface area contributed by atoms with Gasteiger partial charge in [0.15, 0.2) is 0 Å². The Morgan fingerprint density at radius 3 is 2.23 bits per heavy atom. The van der Waals surface area contributed by atoms with Crippen LogP contribution in [-0.2, 0) is 9.59 Å². The minimum atomic E-state index is -1.82. The summed E-state index contributed by atoms with van der Waals surface area (Å²) in [5.41, 5.74) is 1.06. The highest BCUT2D eigenvalue weighted by Crippen LogP contribution is 2.40. The number of aromatic nitrogens is 2. The van der Waals surface area contributed by atoms with Crippen LogP contribution in [0.15, 0.2) is 12.4 Å². The molecule has 3 fully saturated rings. The van der Waals surface area contributed by atoms with Crippen LogP contribution in [0.5, 0.6) is 5.88 Å². The van der Waals surface area contributed by atoms with Gasteiger partial charge < -0.3 is 19.8 Å². The number of piperidine rings is 3. The van der Waals surface area contributed by atoms with Gasteiger partial charge in [0, 0.05) is 24.9 Å². The number of carboxylic acids is 2. The van der Waals surface area contributed by atoms with E-state index in [-0.39, 0.29) is 0 Å². The van der Waals surface area contributed by atoms with Gasteiger partial charge in [0.25, 0.3) is 0 Å². The topological polar surface area (TPSA) is 113 Å². The van der Waals surface area contributed by atoms with Gasteiger partial charge in [-0.25, -0.2) is 14.6 Å². The van der Waals surface area contributed by atoms with E-state index in [0.717, 1.165) is 18.2 Å². The van der Waals surface area contributed by atoms with Crippen molar-refractivity contribution in [1.82, 2.24) is 14.9 Å². The molecule has 0 radical (unpaired) electrons. The van der Waals surface area contributed by atoms with Crippen molar-refractivity contribution in [3.05, 3.63) is 18.1 Å². The van der Waals surface area contributed by atoms with Gasteiger partial charge in [0.1, 0.15) is 5.69 Å². The Morgan fingerprint density at radius 2 is 1.77 bits per heavy atom. The zero-order valence-corrected chi connectivity index (χ0v) is 12.3. The first-order chi connectivity index (χ1) is 10.5. The van der Waals surface area contributed by atoms with Gasteiger partial charge in [-0.05, 0) is 31.8 Å². The van der Waals surface area contributed by atoms with E-state index in [1.807, 2.05) is 0 Å². The molecule has 4 heterocycles. The maximum Gasteiger partial charge on any atom is 0.414 e. The summed E-state index contributed by atoms with van der Waals surface area (Å²) in [6.45, 7) is 3.63. The molecule has 0 saturated carbocycles. The second-order valence-corrected chi connectivity index (χ2v) is 5.31. The van der Waals surface area contributed by atoms with Crippen molar-refractivity contribution in [3.8, 4) is 5.88 Å². The van der Waals surface area contributed by atoms with Gasteiger partial charge in [-0.2, -0.15) is 0 Å². The highest BCUT2D eigenvalue weighted by Gasteiger charge is 2.37. The quantitative estimate of drug-likeness (QED) is 0.757. The van der Waals surface area contributed by atoms with Crippen LogP contribution in [0.2, 0.25) is 0 Å². The van der Waals surface area contributed by atoms with Crippen molar-refractivity contribution in [1.29, 1.82) is 0 Å². The van der Waals surface area contributed by atoms with E-state index >= 15 is 0 Å². The summed E-state index contributed by atoms with van der Waals surface area (Å²) in [6.07, 6.45) is 6.06. The van der Waals surface area contributed by atoms with Gasteiger partial charge >= 0.3 is 11.9 Å². The Labute approximate surface area is 127 Å². The monoisotopic (exact) mass is 309 g/mol. The summed E-state index contributed by atoms with van der Waals surface area (Å²) in [5, 5.41) is 14.8. The standard InChI is InChI=1S/C12H17N3O.C2H2O4/c1-16-12-11(13-4-5-14-12)10-8-15-6-2-9(10)3-7-15;3-1(4)2(5)6/h4-5,9-10H,2-3,6-8H2,1H3;(H,3,4)(H,5,6). The molecule has 1 atom stereocenters. The van der Waals surface area contributed by atoms with Crippen molar-refractivity contribution in [2.24, 2.45) is 5.92 Å². The van der Waals surface area contributed by atoms with Crippen molar-refractivity contribution in [2.45, 2.75) is 18.8 Å².